The zero-order valence-electron chi connectivity index (χ0n) is 15.9. The van der Waals surface area contributed by atoms with Crippen molar-refractivity contribution in [2.24, 2.45) is 0 Å². The van der Waals surface area contributed by atoms with Crippen LogP contribution in [0.3, 0.4) is 0 Å². The minimum atomic E-state index is -0.383. The highest BCUT2D eigenvalue weighted by molar-refractivity contribution is 5.89. The Kier molecular flexibility index (Phi) is 6.22. The highest BCUT2D eigenvalue weighted by Crippen LogP contribution is 2.21. The summed E-state index contributed by atoms with van der Waals surface area (Å²) in [6.07, 6.45) is 2.40. The Morgan fingerprint density at radius 1 is 1.07 bits per heavy atom. The van der Waals surface area contributed by atoms with Crippen LogP contribution in [-0.4, -0.2) is 24.0 Å². The maximum Gasteiger partial charge on any atom is 0.337 e. The van der Waals surface area contributed by atoms with E-state index in [1.54, 1.807) is 30.5 Å². The third kappa shape index (κ3) is 5.07. The molecule has 0 aliphatic heterocycles. The normalized spacial score (nSPS) is 10.5. The maximum absolute atomic E-state index is 12.1. The predicted molar refractivity (Wildman–Crippen MR) is 105 cm³/mol. The van der Waals surface area contributed by atoms with E-state index in [1.807, 2.05) is 31.2 Å². The number of esters is 1. The first-order chi connectivity index (χ1) is 13.5. The molecular weight excluding hydrogens is 356 g/mol. The van der Waals surface area contributed by atoms with Gasteiger partial charge in [0, 0.05) is 24.9 Å². The Morgan fingerprint density at radius 2 is 1.79 bits per heavy atom. The van der Waals surface area contributed by atoms with Gasteiger partial charge in [-0.1, -0.05) is 42.0 Å². The minimum Gasteiger partial charge on any atom is -0.465 e. The molecule has 6 heteroatoms. The summed E-state index contributed by atoms with van der Waals surface area (Å²) in [5.74, 6) is 0.757. The Bertz CT molecular complexity index is 943. The van der Waals surface area contributed by atoms with Crippen molar-refractivity contribution in [1.29, 1.82) is 0 Å². The standard InChI is InChI=1S/C22H22N2O4/c1-15-3-7-17(8-4-15)19-14-24-21(28-19)12-11-20(25)23-13-16-5-9-18(10-6-16)22(26)27-2/h3-10,14H,11-13H2,1-2H3,(H,23,25). The summed E-state index contributed by atoms with van der Waals surface area (Å²) in [4.78, 5) is 27.7. The molecule has 0 bridgehead atoms. The number of methoxy groups -OCH3 is 1. The fourth-order valence-corrected chi connectivity index (χ4v) is 2.66. The van der Waals surface area contributed by atoms with Crippen molar-refractivity contribution < 1.29 is 18.7 Å². The lowest BCUT2D eigenvalue weighted by molar-refractivity contribution is -0.121. The Labute approximate surface area is 163 Å². The summed E-state index contributed by atoms with van der Waals surface area (Å²) >= 11 is 0. The van der Waals surface area contributed by atoms with Crippen LogP contribution in [0, 0.1) is 6.92 Å². The lowest BCUT2D eigenvalue weighted by Crippen LogP contribution is -2.23. The van der Waals surface area contributed by atoms with Gasteiger partial charge in [0.05, 0.1) is 18.9 Å². The van der Waals surface area contributed by atoms with Gasteiger partial charge in [-0.25, -0.2) is 9.78 Å². The number of hydrogen-bond acceptors (Lipinski definition) is 5. The smallest absolute Gasteiger partial charge is 0.337 e. The predicted octanol–water partition coefficient (Wildman–Crippen LogP) is 3.69. The van der Waals surface area contributed by atoms with Gasteiger partial charge in [0.15, 0.2) is 11.7 Å². The molecule has 0 saturated carbocycles. The van der Waals surface area contributed by atoms with E-state index in [0.29, 0.717) is 30.2 Å². The van der Waals surface area contributed by atoms with Gasteiger partial charge >= 0.3 is 5.97 Å². The third-order valence-corrected chi connectivity index (χ3v) is 4.32. The number of aromatic nitrogens is 1. The molecule has 1 N–H and O–H groups in total. The lowest BCUT2D eigenvalue weighted by atomic mass is 10.1. The van der Waals surface area contributed by atoms with Crippen LogP contribution in [0.5, 0.6) is 0 Å². The van der Waals surface area contributed by atoms with Crippen LogP contribution in [0.25, 0.3) is 11.3 Å². The van der Waals surface area contributed by atoms with Gasteiger partial charge < -0.3 is 14.5 Å². The number of carbonyl (C=O) groups is 2. The summed E-state index contributed by atoms with van der Waals surface area (Å²) in [5, 5.41) is 2.85. The second kappa shape index (κ2) is 8.99. The molecule has 6 nitrogen and oxygen atoms in total. The SMILES string of the molecule is COC(=O)c1ccc(CNC(=O)CCc2ncc(-c3ccc(C)cc3)o2)cc1. The van der Waals surface area contributed by atoms with Gasteiger partial charge in [-0.2, -0.15) is 0 Å². The molecule has 1 heterocycles. The monoisotopic (exact) mass is 378 g/mol. The van der Waals surface area contributed by atoms with Crippen LogP contribution in [0.4, 0.5) is 0 Å². The van der Waals surface area contributed by atoms with Crippen molar-refractivity contribution in [2.45, 2.75) is 26.3 Å². The first kappa shape index (κ1) is 19.4. The Balaban J connectivity index is 1.47. The molecule has 1 amide bonds. The van der Waals surface area contributed by atoms with Crippen LogP contribution in [0.2, 0.25) is 0 Å². The molecule has 0 fully saturated rings. The molecule has 0 radical (unpaired) electrons. The van der Waals surface area contributed by atoms with Crippen LogP contribution in [0.15, 0.2) is 59.1 Å². The van der Waals surface area contributed by atoms with Gasteiger partial charge in [-0.3, -0.25) is 4.79 Å². The number of oxazole rings is 1. The van der Waals surface area contributed by atoms with E-state index in [-0.39, 0.29) is 18.3 Å². The molecule has 0 saturated heterocycles. The van der Waals surface area contributed by atoms with E-state index in [0.717, 1.165) is 11.1 Å². The van der Waals surface area contributed by atoms with Gasteiger partial charge in [-0.15, -0.1) is 0 Å². The molecular formula is C22H22N2O4. The molecule has 0 aliphatic carbocycles. The molecule has 0 atom stereocenters. The molecule has 0 unspecified atom stereocenters. The summed E-state index contributed by atoms with van der Waals surface area (Å²) in [7, 11) is 1.34. The number of benzene rings is 2. The zero-order chi connectivity index (χ0) is 19.9. The molecule has 144 valence electrons. The van der Waals surface area contributed by atoms with Gasteiger partial charge in [0.2, 0.25) is 5.91 Å². The zero-order valence-corrected chi connectivity index (χ0v) is 15.9. The Hall–Kier alpha value is -3.41. The average Bonchev–Trinajstić information content (AvgIpc) is 3.20. The fourth-order valence-electron chi connectivity index (χ4n) is 2.66. The lowest BCUT2D eigenvalue weighted by Gasteiger charge is -2.05. The molecule has 0 aliphatic rings. The second-order valence-corrected chi connectivity index (χ2v) is 6.45. The number of aryl methyl sites for hydroxylation is 2. The van der Waals surface area contributed by atoms with Crippen molar-refractivity contribution >= 4 is 11.9 Å². The second-order valence-electron chi connectivity index (χ2n) is 6.45. The number of nitrogens with zero attached hydrogens (tertiary/aromatic N) is 1. The van der Waals surface area contributed by atoms with E-state index < -0.39 is 0 Å². The maximum atomic E-state index is 12.1. The molecule has 3 rings (SSSR count). The first-order valence-electron chi connectivity index (χ1n) is 9.01. The first-order valence-corrected chi connectivity index (χ1v) is 9.01. The summed E-state index contributed by atoms with van der Waals surface area (Å²) < 4.78 is 10.4. The molecule has 0 spiro atoms. The van der Waals surface area contributed by atoms with E-state index in [1.165, 1.54) is 12.7 Å². The van der Waals surface area contributed by atoms with Gasteiger partial charge in [0.25, 0.3) is 0 Å². The highest BCUT2D eigenvalue weighted by atomic mass is 16.5. The number of carbonyl (C=O) groups excluding carboxylic acids is 2. The van der Waals surface area contributed by atoms with Crippen molar-refractivity contribution in [1.82, 2.24) is 10.3 Å². The van der Waals surface area contributed by atoms with E-state index in [2.05, 4.69) is 15.0 Å². The topological polar surface area (TPSA) is 81.4 Å². The fraction of sp³-hybridized carbons (Fsp3) is 0.227. The number of nitrogens with one attached hydrogen (secondary N) is 1. The molecule has 1 aromatic heterocycles. The minimum absolute atomic E-state index is 0.0906. The van der Waals surface area contributed by atoms with Crippen molar-refractivity contribution in [3.63, 3.8) is 0 Å². The summed E-state index contributed by atoms with van der Waals surface area (Å²) in [6.45, 7) is 2.42. The number of rotatable bonds is 7. The molecule has 2 aromatic carbocycles. The van der Waals surface area contributed by atoms with Crippen molar-refractivity contribution in [3.05, 3.63) is 77.3 Å². The van der Waals surface area contributed by atoms with E-state index in [9.17, 15) is 9.59 Å². The average molecular weight is 378 g/mol. The highest BCUT2D eigenvalue weighted by Gasteiger charge is 2.09. The van der Waals surface area contributed by atoms with Crippen LogP contribution < -0.4 is 5.32 Å². The number of ether oxygens (including phenoxy) is 1. The van der Waals surface area contributed by atoms with Gasteiger partial charge in [0.1, 0.15) is 0 Å². The van der Waals surface area contributed by atoms with E-state index >= 15 is 0 Å². The number of hydrogen-bond donors (Lipinski definition) is 1. The van der Waals surface area contributed by atoms with Crippen molar-refractivity contribution in [3.8, 4) is 11.3 Å². The van der Waals surface area contributed by atoms with Crippen LogP contribution in [0.1, 0.15) is 33.8 Å². The van der Waals surface area contributed by atoms with Crippen LogP contribution in [-0.2, 0) is 22.5 Å². The van der Waals surface area contributed by atoms with Gasteiger partial charge in [-0.05, 0) is 24.6 Å². The largest absolute Gasteiger partial charge is 0.465 e. The van der Waals surface area contributed by atoms with Crippen molar-refractivity contribution in [2.75, 3.05) is 7.11 Å². The summed E-state index contributed by atoms with van der Waals surface area (Å²) in [6, 6.07) is 14.9. The third-order valence-electron chi connectivity index (χ3n) is 4.32. The molecule has 3 aromatic rings. The van der Waals surface area contributed by atoms with Crippen LogP contribution >= 0.6 is 0 Å². The Morgan fingerprint density at radius 3 is 2.46 bits per heavy atom. The quantitative estimate of drug-likeness (QED) is 0.634. The molecule has 28 heavy (non-hydrogen) atoms. The summed E-state index contributed by atoms with van der Waals surface area (Å²) in [5.41, 5.74) is 3.52. The number of amides is 1. The van der Waals surface area contributed by atoms with E-state index in [4.69, 9.17) is 4.42 Å².